The van der Waals surface area contributed by atoms with Gasteiger partial charge in [0.25, 0.3) is 0 Å². The number of carbonyl (C=O) groups is 1. The minimum absolute atomic E-state index is 0.0413. The van der Waals surface area contributed by atoms with Crippen molar-refractivity contribution >= 4 is 27.7 Å². The molecule has 7 rings (SSSR count). The first-order valence-corrected chi connectivity index (χ1v) is 17.9. The largest absolute Gasteiger partial charge is 0.481 e. The Bertz CT molecular complexity index is 2260. The van der Waals surface area contributed by atoms with Crippen molar-refractivity contribution in [3.8, 4) is 11.5 Å². The molecule has 2 atom stereocenters. The van der Waals surface area contributed by atoms with Gasteiger partial charge in [0.05, 0.1) is 33.3 Å². The number of aryl methyl sites for hydroxylation is 2. The van der Waals surface area contributed by atoms with Gasteiger partial charge in [-0.3, -0.25) is 9.78 Å². The summed E-state index contributed by atoms with van der Waals surface area (Å²) >= 11 is 0. The van der Waals surface area contributed by atoms with Crippen LogP contribution in [0.3, 0.4) is 0 Å². The van der Waals surface area contributed by atoms with Crippen LogP contribution < -0.4 is 0 Å². The van der Waals surface area contributed by atoms with Crippen molar-refractivity contribution in [1.29, 1.82) is 0 Å². The summed E-state index contributed by atoms with van der Waals surface area (Å²) in [4.78, 5) is 24.5. The van der Waals surface area contributed by atoms with Gasteiger partial charge in [0.2, 0.25) is 0 Å². The van der Waals surface area contributed by atoms with Gasteiger partial charge in [-0.15, -0.1) is 5.10 Å². The van der Waals surface area contributed by atoms with Gasteiger partial charge < -0.3 is 10.1 Å². The van der Waals surface area contributed by atoms with Crippen LogP contribution in [0, 0.1) is 5.82 Å². The van der Waals surface area contributed by atoms with E-state index >= 15 is 4.39 Å². The zero-order chi connectivity index (χ0) is 35.2. The number of fused-ring (bicyclic) bond motifs is 10. The number of aliphatic carboxylic acids is 1. The molecule has 50 heavy (non-hydrogen) atoms. The van der Waals surface area contributed by atoms with Crippen LogP contribution in [0.1, 0.15) is 81.1 Å². The van der Waals surface area contributed by atoms with Crippen LogP contribution in [0.15, 0.2) is 76.9 Å². The monoisotopic (exact) mass is 694 g/mol. The van der Waals surface area contributed by atoms with Crippen molar-refractivity contribution in [2.24, 2.45) is 7.05 Å². The van der Waals surface area contributed by atoms with E-state index in [9.17, 15) is 14.1 Å². The number of carboxylic acids is 1. The van der Waals surface area contributed by atoms with Gasteiger partial charge in [0.1, 0.15) is 11.5 Å². The lowest BCUT2D eigenvalue weighted by Crippen LogP contribution is -2.26. The minimum atomic E-state index is -1.92. The Morgan fingerprint density at radius 2 is 1.92 bits per heavy atom. The second-order valence-electron chi connectivity index (χ2n) is 14.0. The third-order valence-electron chi connectivity index (χ3n) is 9.96. The van der Waals surface area contributed by atoms with Gasteiger partial charge in [-0.05, 0) is 61.6 Å². The summed E-state index contributed by atoms with van der Waals surface area (Å²) in [6.45, 7) is 6.61. The summed E-state index contributed by atoms with van der Waals surface area (Å²) < 4.78 is 33.7. The number of hydrogen-bond acceptors (Lipinski definition) is 7. The SMILES string of the molecule is Cn1nc2nc1-c1cc(ccn1)S(=O)c1c(F)cc3[nH]ccc3c1Cn1cc(nn1)C(C)(C)CCCC[C@]2(C)c1cccc(CCC(=O)O)c1. The summed E-state index contributed by atoms with van der Waals surface area (Å²) in [5, 5.41) is 24.0. The first kappa shape index (κ1) is 33.5. The normalized spacial score (nSPS) is 19.3. The third-order valence-corrected chi connectivity index (χ3v) is 11.4. The Morgan fingerprint density at radius 3 is 2.74 bits per heavy atom. The standard InChI is InChI=1S/C37H39FN8O3S/c1-36(2)14-5-6-15-37(3,24-9-7-8-23(18-24)10-11-32(47)48)35-41-34(45(4)43-35)30-19-25(12-16-40-30)50(49)33-27(21-46-22-31(36)42-44-46)26-13-17-39-29(26)20-28(33)38/h7-9,12-13,16-20,22,39H,5-6,10-11,14-15,21H2,1-4H3,(H,47,48)/t37-,50?/m1/s1. The molecule has 6 aromatic rings. The molecule has 0 radical (unpaired) electrons. The van der Waals surface area contributed by atoms with Gasteiger partial charge in [-0.1, -0.05) is 56.2 Å². The number of halogens is 1. The van der Waals surface area contributed by atoms with E-state index in [0.717, 1.165) is 47.9 Å². The Kier molecular flexibility index (Phi) is 8.71. The quantitative estimate of drug-likeness (QED) is 0.214. The molecule has 4 aromatic heterocycles. The topological polar surface area (TPSA) is 144 Å². The van der Waals surface area contributed by atoms with E-state index in [4.69, 9.17) is 10.1 Å². The highest BCUT2D eigenvalue weighted by Crippen LogP contribution is 2.39. The van der Waals surface area contributed by atoms with Crippen LogP contribution in [0.25, 0.3) is 22.4 Å². The fraction of sp³-hybridized carbons (Fsp3) is 0.351. The zero-order valence-electron chi connectivity index (χ0n) is 28.5. The molecule has 2 N–H and O–H groups in total. The van der Waals surface area contributed by atoms with Gasteiger partial charge in [0.15, 0.2) is 11.6 Å². The van der Waals surface area contributed by atoms with Crippen LogP contribution in [0.2, 0.25) is 0 Å². The van der Waals surface area contributed by atoms with Crippen molar-refractivity contribution in [2.75, 3.05) is 0 Å². The van der Waals surface area contributed by atoms with E-state index in [0.29, 0.717) is 39.7 Å². The zero-order valence-corrected chi connectivity index (χ0v) is 29.3. The predicted octanol–water partition coefficient (Wildman–Crippen LogP) is 6.48. The molecule has 0 spiro atoms. The minimum Gasteiger partial charge on any atom is -0.481 e. The van der Waals surface area contributed by atoms with Crippen molar-refractivity contribution in [1.82, 2.24) is 39.7 Å². The van der Waals surface area contributed by atoms with Crippen LogP contribution in [0.5, 0.6) is 0 Å². The average molecular weight is 695 g/mol. The molecule has 13 heteroatoms. The number of aromatic amines is 1. The smallest absolute Gasteiger partial charge is 0.303 e. The number of nitrogens with zero attached hydrogens (tertiary/aromatic N) is 7. The molecule has 11 nitrogen and oxygen atoms in total. The lowest BCUT2D eigenvalue weighted by Gasteiger charge is -2.29. The number of aromatic nitrogens is 8. The van der Waals surface area contributed by atoms with Crippen molar-refractivity contribution < 1.29 is 18.5 Å². The fourth-order valence-electron chi connectivity index (χ4n) is 6.92. The maximum absolute atomic E-state index is 16.0. The maximum atomic E-state index is 16.0. The average Bonchev–Trinajstić information content (AvgIpc) is 3.86. The number of H-pyrrole nitrogens is 1. The van der Waals surface area contributed by atoms with E-state index in [1.165, 1.54) is 6.07 Å². The Morgan fingerprint density at radius 1 is 1.10 bits per heavy atom. The highest BCUT2D eigenvalue weighted by Gasteiger charge is 2.35. The van der Waals surface area contributed by atoms with E-state index in [2.05, 4.69) is 47.1 Å². The van der Waals surface area contributed by atoms with Crippen molar-refractivity contribution in [3.05, 3.63) is 101 Å². The van der Waals surface area contributed by atoms with Crippen LogP contribution in [-0.2, 0) is 46.4 Å². The first-order valence-electron chi connectivity index (χ1n) is 16.7. The molecule has 2 aromatic carbocycles. The molecule has 1 aliphatic heterocycles. The molecule has 1 aliphatic rings. The lowest BCUT2D eigenvalue weighted by molar-refractivity contribution is -0.136. The summed E-state index contributed by atoms with van der Waals surface area (Å²) in [5.41, 5.74) is 3.47. The Labute approximate surface area is 291 Å². The summed E-state index contributed by atoms with van der Waals surface area (Å²) in [7, 11) is -0.112. The van der Waals surface area contributed by atoms with Gasteiger partial charge in [-0.2, -0.15) is 5.10 Å². The van der Waals surface area contributed by atoms with Gasteiger partial charge >= 0.3 is 5.97 Å². The predicted molar refractivity (Wildman–Crippen MR) is 187 cm³/mol. The molecule has 0 aliphatic carbocycles. The van der Waals surface area contributed by atoms with Crippen LogP contribution in [0.4, 0.5) is 4.39 Å². The molecule has 1 unspecified atom stereocenters. The van der Waals surface area contributed by atoms with Crippen molar-refractivity contribution in [3.63, 3.8) is 0 Å². The van der Waals surface area contributed by atoms with E-state index in [1.807, 2.05) is 30.5 Å². The molecule has 6 bridgehead atoms. The van der Waals surface area contributed by atoms with Gasteiger partial charge in [-0.25, -0.2) is 22.9 Å². The number of benzene rings is 2. The third kappa shape index (κ3) is 6.26. The maximum Gasteiger partial charge on any atom is 0.303 e. The number of nitrogens with one attached hydrogen (secondary N) is 1. The second kappa shape index (κ2) is 13.0. The molecule has 0 fully saturated rings. The van der Waals surface area contributed by atoms with E-state index in [-0.39, 0.29) is 23.3 Å². The Hall–Kier alpha value is -5.04. The first-order chi connectivity index (χ1) is 23.9. The van der Waals surface area contributed by atoms with Crippen molar-refractivity contribution in [2.45, 2.75) is 86.5 Å². The summed E-state index contributed by atoms with van der Waals surface area (Å²) in [6.07, 6.45) is 9.01. The molecule has 0 saturated heterocycles. The Balaban J connectivity index is 1.37. The van der Waals surface area contributed by atoms with E-state index in [1.54, 1.807) is 40.9 Å². The van der Waals surface area contributed by atoms with Crippen LogP contribution in [-0.4, -0.2) is 55.0 Å². The molecular weight excluding hydrogens is 656 g/mol. The number of pyridine rings is 1. The molecule has 0 saturated carbocycles. The second-order valence-corrected chi connectivity index (χ2v) is 15.4. The highest BCUT2D eigenvalue weighted by atomic mass is 32.2. The molecule has 258 valence electrons. The molecular formula is C37H39FN8O3S. The van der Waals surface area contributed by atoms with Gasteiger partial charge in [0, 0.05) is 58.8 Å². The summed E-state index contributed by atoms with van der Waals surface area (Å²) in [6, 6.07) is 14.6. The van der Waals surface area contributed by atoms with E-state index < -0.39 is 28.0 Å². The number of rotatable bonds is 4. The summed E-state index contributed by atoms with van der Waals surface area (Å²) in [5.74, 6) is -0.333. The molecule has 5 heterocycles. The number of hydrogen-bond donors (Lipinski definition) is 2. The highest BCUT2D eigenvalue weighted by molar-refractivity contribution is 7.85. The fourth-order valence-corrected chi connectivity index (χ4v) is 8.19. The van der Waals surface area contributed by atoms with Crippen LogP contribution >= 0.6 is 0 Å². The lowest BCUT2D eigenvalue weighted by atomic mass is 9.75. The molecule has 0 amide bonds. The number of carboxylic acid groups (broad SMARTS) is 1.